The number of quaternary nitrogens is 1. The minimum Gasteiger partial charge on any atom is -0.455 e. The lowest BCUT2D eigenvalue weighted by atomic mass is 10.0. The molecule has 4 nitrogen and oxygen atoms in total. The Bertz CT molecular complexity index is 819. The Balaban J connectivity index is 1.77. The molecule has 0 aliphatic heterocycles. The lowest BCUT2D eigenvalue weighted by Crippen LogP contribution is -2.44. The molecule has 2 unspecified atom stereocenters. The molecule has 0 aromatic heterocycles. The molecule has 33 heavy (non-hydrogen) atoms. The Hall–Kier alpha value is -2.33. The molecule has 2 aromatic carbocycles. The Kier molecular flexibility index (Phi) is 11.5. The van der Waals surface area contributed by atoms with Crippen LogP contribution in [0.5, 0.6) is 5.75 Å². The molecular formula is C29H44NO3+. The fourth-order valence-corrected chi connectivity index (χ4v) is 4.34. The van der Waals surface area contributed by atoms with E-state index in [2.05, 4.69) is 57.4 Å². The first kappa shape index (κ1) is 26.9. The van der Waals surface area contributed by atoms with Crippen molar-refractivity contribution in [3.63, 3.8) is 0 Å². The van der Waals surface area contributed by atoms with Crippen molar-refractivity contribution in [2.45, 2.75) is 78.6 Å². The van der Waals surface area contributed by atoms with Gasteiger partial charge in [0.05, 0.1) is 20.6 Å². The van der Waals surface area contributed by atoms with Gasteiger partial charge in [-0.1, -0.05) is 81.5 Å². The molecular weight excluding hydrogens is 410 g/mol. The van der Waals surface area contributed by atoms with Gasteiger partial charge in [-0.25, -0.2) is 0 Å². The predicted molar refractivity (Wildman–Crippen MR) is 136 cm³/mol. The molecule has 0 spiro atoms. The summed E-state index contributed by atoms with van der Waals surface area (Å²) >= 11 is 0. The molecule has 0 saturated carbocycles. The van der Waals surface area contributed by atoms with E-state index in [0.717, 1.165) is 23.2 Å². The number of carbonyl (C=O) groups excluding carboxylic acids is 1. The van der Waals surface area contributed by atoms with E-state index in [1.54, 1.807) is 6.92 Å². The molecule has 4 heteroatoms. The molecule has 0 saturated heterocycles. The third-order valence-corrected chi connectivity index (χ3v) is 5.93. The van der Waals surface area contributed by atoms with E-state index in [1.165, 1.54) is 49.7 Å². The van der Waals surface area contributed by atoms with Gasteiger partial charge in [0.25, 0.3) is 0 Å². The van der Waals surface area contributed by atoms with Gasteiger partial charge in [0.2, 0.25) is 6.29 Å². The number of aryl methyl sites for hydroxylation is 1. The zero-order valence-electron chi connectivity index (χ0n) is 21.4. The minimum absolute atomic E-state index is 0.214. The summed E-state index contributed by atoms with van der Waals surface area (Å²) in [5, 5.41) is 0. The number of ether oxygens (including phenoxy) is 2. The maximum absolute atomic E-state index is 12.7. The third kappa shape index (κ3) is 10.9. The van der Waals surface area contributed by atoms with Crippen molar-refractivity contribution in [3.05, 3.63) is 65.7 Å². The third-order valence-electron chi connectivity index (χ3n) is 5.93. The molecule has 0 N–H and O–H groups in total. The highest BCUT2D eigenvalue weighted by atomic mass is 16.7. The number of rotatable bonds is 15. The quantitative estimate of drug-likeness (QED) is 0.129. The summed E-state index contributed by atoms with van der Waals surface area (Å²) in [6, 6.07) is 18.5. The van der Waals surface area contributed by atoms with Crippen LogP contribution in [0.25, 0.3) is 0 Å². The van der Waals surface area contributed by atoms with Crippen LogP contribution in [0, 0.1) is 5.92 Å². The normalized spacial score (nSPS) is 13.4. The summed E-state index contributed by atoms with van der Waals surface area (Å²) in [6.07, 6.45) is 8.19. The number of hydrogen-bond donors (Lipinski definition) is 0. The molecule has 0 aliphatic carbocycles. The molecule has 2 atom stereocenters. The van der Waals surface area contributed by atoms with Crippen LogP contribution >= 0.6 is 0 Å². The lowest BCUT2D eigenvalue weighted by Gasteiger charge is -2.32. The Morgan fingerprint density at radius 3 is 2.27 bits per heavy atom. The van der Waals surface area contributed by atoms with E-state index in [0.29, 0.717) is 6.54 Å². The highest BCUT2D eigenvalue weighted by molar-refractivity contribution is 5.72. The van der Waals surface area contributed by atoms with Crippen LogP contribution in [-0.4, -0.2) is 37.4 Å². The van der Waals surface area contributed by atoms with E-state index >= 15 is 0 Å². The van der Waals surface area contributed by atoms with E-state index in [1.807, 2.05) is 25.1 Å². The number of carbonyl (C=O) groups is 1. The van der Waals surface area contributed by atoms with Crippen LogP contribution in [0.4, 0.5) is 0 Å². The minimum atomic E-state index is -0.617. The van der Waals surface area contributed by atoms with Crippen LogP contribution in [-0.2, 0) is 22.5 Å². The van der Waals surface area contributed by atoms with Crippen LogP contribution < -0.4 is 4.74 Å². The predicted octanol–water partition coefficient (Wildman–Crippen LogP) is 6.77. The maximum Gasteiger partial charge on any atom is 0.317 e. The van der Waals surface area contributed by atoms with E-state index in [4.69, 9.17) is 9.47 Å². The van der Waals surface area contributed by atoms with Crippen LogP contribution in [0.3, 0.4) is 0 Å². The van der Waals surface area contributed by atoms with Gasteiger partial charge in [-0.3, -0.25) is 4.79 Å². The largest absolute Gasteiger partial charge is 0.455 e. The molecule has 0 fully saturated rings. The van der Waals surface area contributed by atoms with E-state index in [-0.39, 0.29) is 11.9 Å². The number of benzene rings is 2. The fourth-order valence-electron chi connectivity index (χ4n) is 4.34. The molecule has 182 valence electrons. The number of esters is 1. The van der Waals surface area contributed by atoms with Gasteiger partial charge in [0.15, 0.2) is 0 Å². The van der Waals surface area contributed by atoms with Crippen molar-refractivity contribution in [2.75, 3.05) is 20.6 Å². The molecule has 0 radical (unpaired) electrons. The first-order valence-corrected chi connectivity index (χ1v) is 12.6. The second-order valence-corrected chi connectivity index (χ2v) is 9.95. The maximum atomic E-state index is 12.7. The van der Waals surface area contributed by atoms with Crippen molar-refractivity contribution in [2.24, 2.45) is 5.92 Å². The van der Waals surface area contributed by atoms with Gasteiger partial charge in [-0.15, -0.1) is 0 Å². The van der Waals surface area contributed by atoms with Gasteiger partial charge < -0.3 is 14.0 Å². The SMILES string of the molecule is CCCCCCCCc1cccc(OC(C)OC(=O)C(C)C[N+](C)(C)Cc2ccccc2)c1. The molecule has 0 bridgehead atoms. The van der Waals surface area contributed by atoms with Gasteiger partial charge in [0.1, 0.15) is 18.2 Å². The number of unbranched alkanes of at least 4 members (excludes halogenated alkanes) is 5. The molecule has 2 rings (SSSR count). The second kappa shape index (κ2) is 14.0. The fraction of sp³-hybridized carbons (Fsp3) is 0.552. The Morgan fingerprint density at radius 2 is 1.55 bits per heavy atom. The van der Waals surface area contributed by atoms with Gasteiger partial charge >= 0.3 is 5.97 Å². The average Bonchev–Trinajstić information content (AvgIpc) is 2.76. The van der Waals surface area contributed by atoms with Crippen molar-refractivity contribution in [1.82, 2.24) is 0 Å². The van der Waals surface area contributed by atoms with Gasteiger partial charge in [0, 0.05) is 12.5 Å². The van der Waals surface area contributed by atoms with Gasteiger partial charge in [-0.05, 0) is 37.5 Å². The summed E-state index contributed by atoms with van der Waals surface area (Å²) in [5.74, 6) is 0.324. The highest BCUT2D eigenvalue weighted by Gasteiger charge is 2.27. The smallest absolute Gasteiger partial charge is 0.317 e. The summed E-state index contributed by atoms with van der Waals surface area (Å²) in [4.78, 5) is 12.7. The second-order valence-electron chi connectivity index (χ2n) is 9.95. The summed E-state index contributed by atoms with van der Waals surface area (Å²) in [7, 11) is 4.29. The Labute approximate surface area is 201 Å². The summed E-state index contributed by atoms with van der Waals surface area (Å²) < 4.78 is 12.2. The van der Waals surface area contributed by atoms with E-state index < -0.39 is 6.29 Å². The topological polar surface area (TPSA) is 35.5 Å². The monoisotopic (exact) mass is 454 g/mol. The molecule has 0 heterocycles. The van der Waals surface area contributed by atoms with Crippen LogP contribution in [0.1, 0.15) is 70.4 Å². The average molecular weight is 455 g/mol. The summed E-state index contributed by atoms with van der Waals surface area (Å²) in [5.41, 5.74) is 2.54. The molecule has 2 aromatic rings. The zero-order valence-corrected chi connectivity index (χ0v) is 21.4. The van der Waals surface area contributed by atoms with Gasteiger partial charge in [-0.2, -0.15) is 0 Å². The van der Waals surface area contributed by atoms with Crippen molar-refractivity contribution < 1.29 is 18.8 Å². The highest BCUT2D eigenvalue weighted by Crippen LogP contribution is 2.19. The van der Waals surface area contributed by atoms with Crippen molar-refractivity contribution in [1.29, 1.82) is 0 Å². The lowest BCUT2D eigenvalue weighted by molar-refractivity contribution is -0.905. The zero-order chi connectivity index (χ0) is 24.1. The van der Waals surface area contributed by atoms with Crippen molar-refractivity contribution in [3.8, 4) is 5.75 Å². The van der Waals surface area contributed by atoms with Crippen LogP contribution in [0.2, 0.25) is 0 Å². The Morgan fingerprint density at radius 1 is 0.879 bits per heavy atom. The first-order chi connectivity index (χ1) is 15.8. The molecule has 0 amide bonds. The number of nitrogens with zero attached hydrogens (tertiary/aromatic N) is 1. The van der Waals surface area contributed by atoms with Crippen molar-refractivity contribution >= 4 is 5.97 Å². The van der Waals surface area contributed by atoms with Crippen LogP contribution in [0.15, 0.2) is 54.6 Å². The number of hydrogen-bond acceptors (Lipinski definition) is 3. The van der Waals surface area contributed by atoms with E-state index in [9.17, 15) is 4.79 Å². The molecule has 0 aliphatic rings. The first-order valence-electron chi connectivity index (χ1n) is 12.6. The standard InChI is InChI=1S/C29H44NO3/c1-6-7-8-9-10-12-16-26-19-15-20-28(21-26)32-25(3)33-29(31)24(2)22-30(4,5)23-27-17-13-11-14-18-27/h11,13-15,17-21,24-25H,6-10,12,16,22-23H2,1-5H3/q+1. The summed E-state index contributed by atoms with van der Waals surface area (Å²) in [6.45, 7) is 7.54.